The minimum Gasteiger partial charge on any atom is -0.492 e. The summed E-state index contributed by atoms with van der Waals surface area (Å²) in [5.74, 6) is 1.45. The molecule has 1 N–H and O–H groups in total. The molecule has 0 aliphatic heterocycles. The maximum absolute atomic E-state index is 10.5. The van der Waals surface area contributed by atoms with Crippen molar-refractivity contribution in [3.8, 4) is 5.75 Å². The zero-order valence-corrected chi connectivity index (χ0v) is 11.4. The fourth-order valence-electron chi connectivity index (χ4n) is 2.16. The van der Waals surface area contributed by atoms with Crippen LogP contribution in [0.1, 0.15) is 26.7 Å². The summed E-state index contributed by atoms with van der Waals surface area (Å²) < 4.78 is 5.55. The summed E-state index contributed by atoms with van der Waals surface area (Å²) in [6.45, 7) is 5.78. The lowest BCUT2D eigenvalue weighted by atomic mass is 9.99. The van der Waals surface area contributed by atoms with Crippen molar-refractivity contribution in [3.63, 3.8) is 0 Å². The molecule has 0 saturated heterocycles. The van der Waals surface area contributed by atoms with E-state index in [1.54, 1.807) is 12.1 Å². The average molecular weight is 264 g/mol. The monoisotopic (exact) mass is 264 g/mol. The van der Waals surface area contributed by atoms with E-state index in [0.29, 0.717) is 12.4 Å². The van der Waals surface area contributed by atoms with Crippen molar-refractivity contribution in [2.24, 2.45) is 5.92 Å². The second kappa shape index (κ2) is 5.57. The third kappa shape index (κ3) is 3.92. The maximum Gasteiger partial charge on any atom is 0.269 e. The first kappa shape index (κ1) is 13.8. The van der Waals surface area contributed by atoms with Gasteiger partial charge in [-0.15, -0.1) is 0 Å². The minimum atomic E-state index is -0.413. The molecular weight excluding hydrogens is 244 g/mol. The van der Waals surface area contributed by atoms with Gasteiger partial charge in [0.05, 0.1) is 4.92 Å². The molecule has 0 atom stereocenters. The molecule has 0 amide bonds. The Balaban J connectivity index is 1.72. The minimum absolute atomic E-state index is 0.0836. The van der Waals surface area contributed by atoms with Gasteiger partial charge in [-0.1, -0.05) is 0 Å². The smallest absolute Gasteiger partial charge is 0.269 e. The summed E-state index contributed by atoms with van der Waals surface area (Å²) in [6.07, 6.45) is 2.62. The highest BCUT2D eigenvalue weighted by Gasteiger charge is 2.36. The average Bonchev–Trinajstić information content (AvgIpc) is 3.20. The lowest BCUT2D eigenvalue weighted by Gasteiger charge is -2.26. The van der Waals surface area contributed by atoms with Crippen molar-refractivity contribution >= 4 is 5.69 Å². The number of benzene rings is 1. The Hall–Kier alpha value is -1.62. The van der Waals surface area contributed by atoms with E-state index in [9.17, 15) is 10.1 Å². The van der Waals surface area contributed by atoms with Crippen LogP contribution >= 0.6 is 0 Å². The van der Waals surface area contributed by atoms with Crippen molar-refractivity contribution in [1.29, 1.82) is 0 Å². The van der Waals surface area contributed by atoms with Gasteiger partial charge in [0, 0.05) is 24.2 Å². The number of nitrogens with one attached hydrogen (secondary N) is 1. The molecule has 1 aliphatic rings. The normalized spacial score (nSPS) is 15.3. The molecule has 0 unspecified atom stereocenters. The Morgan fingerprint density at radius 3 is 2.53 bits per heavy atom. The van der Waals surface area contributed by atoms with E-state index in [4.69, 9.17) is 4.74 Å². The number of ether oxygens (including phenoxy) is 1. The molecule has 0 spiro atoms. The molecule has 1 fully saturated rings. The molecule has 2 rings (SSSR count). The van der Waals surface area contributed by atoms with Crippen molar-refractivity contribution in [1.82, 2.24) is 5.32 Å². The molecule has 1 aromatic carbocycles. The summed E-state index contributed by atoms with van der Waals surface area (Å²) in [5.41, 5.74) is 0.263. The lowest BCUT2D eigenvalue weighted by Crippen LogP contribution is -2.43. The third-order valence-corrected chi connectivity index (χ3v) is 3.60. The van der Waals surface area contributed by atoms with Crippen molar-refractivity contribution in [2.45, 2.75) is 32.2 Å². The van der Waals surface area contributed by atoms with Gasteiger partial charge in [-0.3, -0.25) is 10.1 Å². The van der Waals surface area contributed by atoms with Gasteiger partial charge in [-0.2, -0.15) is 0 Å². The second-order valence-corrected chi connectivity index (χ2v) is 5.52. The Kier molecular flexibility index (Phi) is 4.04. The molecule has 0 radical (unpaired) electrons. The van der Waals surface area contributed by atoms with Crippen LogP contribution in [0.5, 0.6) is 5.75 Å². The van der Waals surface area contributed by atoms with Gasteiger partial charge in [-0.25, -0.2) is 0 Å². The molecule has 1 aromatic rings. The van der Waals surface area contributed by atoms with E-state index in [1.165, 1.54) is 25.0 Å². The van der Waals surface area contributed by atoms with E-state index in [0.717, 1.165) is 12.5 Å². The number of hydrogen-bond donors (Lipinski definition) is 1. The summed E-state index contributed by atoms with van der Waals surface area (Å²) in [6, 6.07) is 6.17. The van der Waals surface area contributed by atoms with Gasteiger partial charge in [0.2, 0.25) is 0 Å². The Morgan fingerprint density at radius 1 is 1.37 bits per heavy atom. The molecule has 104 valence electrons. The highest BCUT2D eigenvalue weighted by molar-refractivity contribution is 5.35. The lowest BCUT2D eigenvalue weighted by molar-refractivity contribution is -0.384. The van der Waals surface area contributed by atoms with Crippen molar-refractivity contribution in [2.75, 3.05) is 13.2 Å². The highest BCUT2D eigenvalue weighted by Crippen LogP contribution is 2.38. The largest absolute Gasteiger partial charge is 0.492 e. The molecule has 0 aromatic heterocycles. The molecular formula is C14H20N2O3. The second-order valence-electron chi connectivity index (χ2n) is 5.52. The van der Waals surface area contributed by atoms with Gasteiger partial charge >= 0.3 is 0 Å². The zero-order valence-electron chi connectivity index (χ0n) is 11.4. The van der Waals surface area contributed by atoms with Crippen LogP contribution in [0.3, 0.4) is 0 Å². The molecule has 0 heterocycles. The van der Waals surface area contributed by atoms with Gasteiger partial charge in [-0.05, 0) is 44.7 Å². The number of nitro benzene ring substituents is 1. The van der Waals surface area contributed by atoms with E-state index in [1.807, 2.05) is 0 Å². The topological polar surface area (TPSA) is 64.4 Å². The van der Waals surface area contributed by atoms with Crippen molar-refractivity contribution in [3.05, 3.63) is 34.4 Å². The van der Waals surface area contributed by atoms with Crippen LogP contribution in [-0.2, 0) is 0 Å². The molecule has 1 aliphatic carbocycles. The highest BCUT2D eigenvalue weighted by atomic mass is 16.6. The van der Waals surface area contributed by atoms with Gasteiger partial charge in [0.25, 0.3) is 5.69 Å². The summed E-state index contributed by atoms with van der Waals surface area (Å²) >= 11 is 0. The van der Waals surface area contributed by atoms with Gasteiger partial charge in [0.1, 0.15) is 12.4 Å². The summed E-state index contributed by atoms with van der Waals surface area (Å²) in [7, 11) is 0. The predicted molar refractivity (Wildman–Crippen MR) is 73.4 cm³/mol. The standard InChI is InChI=1S/C14H20N2O3/c1-14(2,11-3-4-11)15-9-10-19-13-7-5-12(6-8-13)16(17)18/h5-8,11,15H,3-4,9-10H2,1-2H3. The Bertz CT molecular complexity index is 439. The first-order chi connectivity index (χ1) is 8.99. The van der Waals surface area contributed by atoms with E-state index in [2.05, 4.69) is 19.2 Å². The predicted octanol–water partition coefficient (Wildman–Crippen LogP) is 2.75. The fourth-order valence-corrected chi connectivity index (χ4v) is 2.16. The number of nitrogens with zero attached hydrogens (tertiary/aromatic N) is 1. The zero-order chi connectivity index (χ0) is 13.9. The van der Waals surface area contributed by atoms with E-state index >= 15 is 0 Å². The Labute approximate surface area is 113 Å². The van der Waals surface area contributed by atoms with Crippen molar-refractivity contribution < 1.29 is 9.66 Å². The molecule has 1 saturated carbocycles. The van der Waals surface area contributed by atoms with E-state index < -0.39 is 4.92 Å². The first-order valence-corrected chi connectivity index (χ1v) is 6.61. The van der Waals surface area contributed by atoms with Crippen LogP contribution in [0.2, 0.25) is 0 Å². The van der Waals surface area contributed by atoms with Gasteiger partial charge < -0.3 is 10.1 Å². The van der Waals surface area contributed by atoms with E-state index in [-0.39, 0.29) is 11.2 Å². The van der Waals surface area contributed by atoms with Crippen LogP contribution in [0.25, 0.3) is 0 Å². The van der Waals surface area contributed by atoms with Crippen LogP contribution < -0.4 is 10.1 Å². The molecule has 5 nitrogen and oxygen atoms in total. The molecule has 19 heavy (non-hydrogen) atoms. The van der Waals surface area contributed by atoms with Crippen LogP contribution in [-0.4, -0.2) is 23.6 Å². The maximum atomic E-state index is 10.5. The quantitative estimate of drug-likeness (QED) is 0.467. The Morgan fingerprint density at radius 2 is 2.00 bits per heavy atom. The summed E-state index contributed by atoms with van der Waals surface area (Å²) in [4.78, 5) is 10.1. The number of hydrogen-bond acceptors (Lipinski definition) is 4. The fraction of sp³-hybridized carbons (Fsp3) is 0.571. The number of rotatable bonds is 7. The number of nitro groups is 1. The van der Waals surface area contributed by atoms with Crippen LogP contribution in [0.4, 0.5) is 5.69 Å². The number of non-ortho nitro benzene ring substituents is 1. The van der Waals surface area contributed by atoms with Gasteiger partial charge in [0.15, 0.2) is 0 Å². The first-order valence-electron chi connectivity index (χ1n) is 6.61. The summed E-state index contributed by atoms with van der Waals surface area (Å²) in [5, 5.41) is 14.0. The SMILES string of the molecule is CC(C)(NCCOc1ccc([N+](=O)[O-])cc1)C1CC1. The van der Waals surface area contributed by atoms with Crippen LogP contribution in [0.15, 0.2) is 24.3 Å². The third-order valence-electron chi connectivity index (χ3n) is 3.60. The molecule has 0 bridgehead atoms. The van der Waals surface area contributed by atoms with Crippen LogP contribution in [0, 0.1) is 16.0 Å². The molecule has 5 heteroatoms.